The molecule has 3 heteroatoms. The van der Waals surface area contributed by atoms with Gasteiger partial charge in [-0.05, 0) is 65.7 Å². The van der Waals surface area contributed by atoms with E-state index in [4.69, 9.17) is 8.83 Å². The molecule has 0 aliphatic rings. The van der Waals surface area contributed by atoms with Gasteiger partial charge in [-0.3, -0.25) is 0 Å². The minimum absolute atomic E-state index is 0.886. The Morgan fingerprint density at radius 2 is 1.03 bits per heavy atom. The third-order valence-electron chi connectivity index (χ3n) is 8.00. The summed E-state index contributed by atoms with van der Waals surface area (Å²) in [7, 11) is 0. The Bertz CT molecular complexity index is 2350. The maximum atomic E-state index is 6.38. The Labute approximate surface area is 223 Å². The number of hydrogen-bond acceptors (Lipinski definition) is 2. The number of aromatic nitrogens is 1. The van der Waals surface area contributed by atoms with Crippen LogP contribution in [-0.4, -0.2) is 4.57 Å². The molecule has 0 saturated carbocycles. The number of benzene rings is 6. The topological polar surface area (TPSA) is 31.2 Å². The summed E-state index contributed by atoms with van der Waals surface area (Å²) in [6.45, 7) is 0. The predicted molar refractivity (Wildman–Crippen MR) is 161 cm³/mol. The number of fused-ring (bicyclic) bond motifs is 9. The maximum absolute atomic E-state index is 6.38. The molecule has 0 amide bonds. The van der Waals surface area contributed by atoms with Crippen LogP contribution in [0.25, 0.3) is 82.5 Å². The Morgan fingerprint density at radius 3 is 1.85 bits per heavy atom. The van der Waals surface area contributed by atoms with Gasteiger partial charge in [0, 0.05) is 38.0 Å². The lowest BCUT2D eigenvalue weighted by molar-refractivity contribution is 0.669. The fourth-order valence-corrected chi connectivity index (χ4v) is 6.29. The first-order chi connectivity index (χ1) is 19.3. The summed E-state index contributed by atoms with van der Waals surface area (Å²) < 4.78 is 14.8. The van der Waals surface area contributed by atoms with Gasteiger partial charge in [-0.1, -0.05) is 72.8 Å². The van der Waals surface area contributed by atoms with E-state index in [0.717, 1.165) is 60.7 Å². The first-order valence-electron chi connectivity index (χ1n) is 13.2. The fraction of sp³-hybridized carbons (Fsp3) is 0. The SMILES string of the molecule is c1ccc2c(c1)oc1ccc(-c3cccc4oc5ccc(-n6c7ccccc7c7ccccc76)cc5c34)cc12. The number of nitrogens with zero attached hydrogens (tertiary/aromatic N) is 1. The first kappa shape index (κ1) is 20.7. The van der Waals surface area contributed by atoms with E-state index in [1.807, 2.05) is 12.1 Å². The molecule has 3 aromatic heterocycles. The zero-order valence-electron chi connectivity index (χ0n) is 20.9. The van der Waals surface area contributed by atoms with Gasteiger partial charge in [-0.25, -0.2) is 0 Å². The monoisotopic (exact) mass is 499 g/mol. The van der Waals surface area contributed by atoms with Crippen molar-refractivity contribution in [3.63, 3.8) is 0 Å². The van der Waals surface area contributed by atoms with Crippen molar-refractivity contribution in [3.8, 4) is 16.8 Å². The van der Waals surface area contributed by atoms with Crippen LogP contribution in [0.15, 0.2) is 136 Å². The molecule has 0 radical (unpaired) electrons. The summed E-state index contributed by atoms with van der Waals surface area (Å²) in [5.74, 6) is 0. The minimum atomic E-state index is 0.886. The standard InChI is InChI=1S/C36H21NO2/c1-4-12-30-25(8-1)26-9-2-5-13-31(26)37(30)23-17-19-34-29(21-23)36-24(11-7-15-35(36)39-34)22-16-18-33-28(20-22)27-10-3-6-14-32(27)38-33/h1-21H. The molecule has 3 nitrogen and oxygen atoms in total. The van der Waals surface area contributed by atoms with Crippen molar-refractivity contribution in [2.45, 2.75) is 0 Å². The lowest BCUT2D eigenvalue weighted by Crippen LogP contribution is -1.93. The molecule has 39 heavy (non-hydrogen) atoms. The van der Waals surface area contributed by atoms with Crippen LogP contribution < -0.4 is 0 Å². The molecule has 182 valence electrons. The molecule has 0 atom stereocenters. The van der Waals surface area contributed by atoms with Gasteiger partial charge in [0.15, 0.2) is 0 Å². The Morgan fingerprint density at radius 1 is 0.410 bits per heavy atom. The summed E-state index contributed by atoms with van der Waals surface area (Å²) in [5.41, 5.74) is 9.39. The van der Waals surface area contributed by atoms with E-state index in [9.17, 15) is 0 Å². The average molecular weight is 500 g/mol. The first-order valence-corrected chi connectivity index (χ1v) is 13.2. The quantitative estimate of drug-likeness (QED) is 0.237. The van der Waals surface area contributed by atoms with Crippen LogP contribution in [-0.2, 0) is 0 Å². The van der Waals surface area contributed by atoms with Crippen molar-refractivity contribution in [1.29, 1.82) is 0 Å². The van der Waals surface area contributed by atoms with Gasteiger partial charge in [-0.2, -0.15) is 0 Å². The van der Waals surface area contributed by atoms with Gasteiger partial charge in [0.05, 0.1) is 11.0 Å². The van der Waals surface area contributed by atoms with E-state index in [-0.39, 0.29) is 0 Å². The minimum Gasteiger partial charge on any atom is -0.456 e. The van der Waals surface area contributed by atoms with Crippen LogP contribution in [0.4, 0.5) is 0 Å². The van der Waals surface area contributed by atoms with Crippen molar-refractivity contribution in [2.75, 3.05) is 0 Å². The number of rotatable bonds is 2. The van der Waals surface area contributed by atoms with Gasteiger partial charge < -0.3 is 13.4 Å². The van der Waals surface area contributed by atoms with Crippen LogP contribution >= 0.6 is 0 Å². The third kappa shape index (κ3) is 2.87. The molecule has 3 heterocycles. The summed E-state index contributed by atoms with van der Waals surface area (Å²) in [6, 6.07) is 44.8. The molecule has 0 spiro atoms. The van der Waals surface area contributed by atoms with Gasteiger partial charge >= 0.3 is 0 Å². The lowest BCUT2D eigenvalue weighted by Gasteiger charge is -2.09. The normalized spacial score (nSPS) is 12.1. The highest BCUT2D eigenvalue weighted by Gasteiger charge is 2.17. The van der Waals surface area contributed by atoms with E-state index in [1.54, 1.807) is 0 Å². The van der Waals surface area contributed by atoms with Crippen molar-refractivity contribution in [2.24, 2.45) is 0 Å². The van der Waals surface area contributed by atoms with Gasteiger partial charge in [0.2, 0.25) is 0 Å². The molecular weight excluding hydrogens is 478 g/mol. The van der Waals surface area contributed by atoms with Crippen LogP contribution in [0.5, 0.6) is 0 Å². The highest BCUT2D eigenvalue weighted by molar-refractivity contribution is 6.15. The molecule has 0 saturated heterocycles. The van der Waals surface area contributed by atoms with Crippen molar-refractivity contribution in [1.82, 2.24) is 4.57 Å². The third-order valence-corrected chi connectivity index (χ3v) is 8.00. The summed E-state index contributed by atoms with van der Waals surface area (Å²) in [6.07, 6.45) is 0. The molecule has 9 rings (SSSR count). The molecule has 0 aliphatic heterocycles. The summed E-state index contributed by atoms with van der Waals surface area (Å²) >= 11 is 0. The molecule has 0 N–H and O–H groups in total. The molecule has 0 aliphatic carbocycles. The van der Waals surface area contributed by atoms with E-state index in [1.165, 1.54) is 21.8 Å². The van der Waals surface area contributed by atoms with E-state index >= 15 is 0 Å². The highest BCUT2D eigenvalue weighted by atomic mass is 16.3. The Kier molecular flexibility index (Phi) is 4.05. The summed E-state index contributed by atoms with van der Waals surface area (Å²) in [5, 5.41) is 7.00. The van der Waals surface area contributed by atoms with Crippen LogP contribution in [0.3, 0.4) is 0 Å². The summed E-state index contributed by atoms with van der Waals surface area (Å²) in [4.78, 5) is 0. The molecular formula is C36H21NO2. The zero-order valence-corrected chi connectivity index (χ0v) is 20.9. The van der Waals surface area contributed by atoms with Crippen LogP contribution in [0.2, 0.25) is 0 Å². The average Bonchev–Trinajstić information content (AvgIpc) is 3.66. The lowest BCUT2D eigenvalue weighted by atomic mass is 9.98. The van der Waals surface area contributed by atoms with Gasteiger partial charge in [0.1, 0.15) is 22.3 Å². The second kappa shape index (κ2) is 7.62. The molecule has 0 fully saturated rings. The fourth-order valence-electron chi connectivity index (χ4n) is 6.29. The second-order valence-electron chi connectivity index (χ2n) is 10.1. The predicted octanol–water partition coefficient (Wildman–Crippen LogP) is 10.2. The highest BCUT2D eigenvalue weighted by Crippen LogP contribution is 2.40. The van der Waals surface area contributed by atoms with E-state index in [2.05, 4.69) is 120 Å². The van der Waals surface area contributed by atoms with Crippen molar-refractivity contribution < 1.29 is 8.83 Å². The van der Waals surface area contributed by atoms with E-state index in [0.29, 0.717) is 0 Å². The maximum Gasteiger partial charge on any atom is 0.136 e. The number of hydrogen-bond donors (Lipinski definition) is 0. The van der Waals surface area contributed by atoms with Crippen molar-refractivity contribution >= 4 is 65.7 Å². The van der Waals surface area contributed by atoms with Gasteiger partial charge in [0.25, 0.3) is 0 Å². The van der Waals surface area contributed by atoms with Crippen molar-refractivity contribution in [3.05, 3.63) is 127 Å². The van der Waals surface area contributed by atoms with E-state index < -0.39 is 0 Å². The Hall–Kier alpha value is -5.28. The van der Waals surface area contributed by atoms with Crippen LogP contribution in [0.1, 0.15) is 0 Å². The smallest absolute Gasteiger partial charge is 0.136 e. The molecule has 9 aromatic rings. The molecule has 0 unspecified atom stereocenters. The number of para-hydroxylation sites is 3. The molecule has 0 bridgehead atoms. The van der Waals surface area contributed by atoms with Gasteiger partial charge in [-0.15, -0.1) is 0 Å². The molecule has 6 aromatic carbocycles. The zero-order chi connectivity index (χ0) is 25.5. The largest absolute Gasteiger partial charge is 0.456 e. The second-order valence-corrected chi connectivity index (χ2v) is 10.1. The number of furan rings is 2. The van der Waals surface area contributed by atoms with Crippen LogP contribution in [0, 0.1) is 0 Å². The Balaban J connectivity index is 1.33.